The van der Waals surface area contributed by atoms with Crippen LogP contribution in [-0.2, 0) is 15.0 Å². The first-order valence-corrected chi connectivity index (χ1v) is 7.96. The van der Waals surface area contributed by atoms with Crippen LogP contribution in [0.1, 0.15) is 6.42 Å². The fourth-order valence-corrected chi connectivity index (χ4v) is 3.38. The monoisotopic (exact) mass is 383 g/mol. The number of carbonyl (C=O) groups is 1. The first-order valence-electron chi connectivity index (χ1n) is 5.33. The predicted octanol–water partition coefficient (Wildman–Crippen LogP) is 1.94. The van der Waals surface area contributed by atoms with Gasteiger partial charge in [-0.15, -0.1) is 3.89 Å². The molecule has 1 aromatic carbocycles. The number of amides is 1. The van der Waals surface area contributed by atoms with Crippen LogP contribution in [0.2, 0.25) is 0 Å². The molecular formula is C11H11FINO3S. The van der Waals surface area contributed by atoms with Gasteiger partial charge in [0.2, 0.25) is 5.91 Å². The highest BCUT2D eigenvalue weighted by molar-refractivity contribution is 14.1. The lowest BCUT2D eigenvalue weighted by atomic mass is 10.1. The summed E-state index contributed by atoms with van der Waals surface area (Å²) in [7, 11) is -4.53. The van der Waals surface area contributed by atoms with Crippen LogP contribution < -0.4 is 4.90 Å². The molecule has 1 fully saturated rings. The van der Waals surface area contributed by atoms with Gasteiger partial charge in [0.05, 0.1) is 5.75 Å². The minimum absolute atomic E-state index is 0.0780. The van der Waals surface area contributed by atoms with Crippen LogP contribution in [0.3, 0.4) is 0 Å². The van der Waals surface area contributed by atoms with Gasteiger partial charge in [0.1, 0.15) is 0 Å². The molecule has 1 amide bonds. The topological polar surface area (TPSA) is 54.5 Å². The fraction of sp³-hybridized carbons (Fsp3) is 0.364. The number of nitrogens with zero attached hydrogens (tertiary/aromatic N) is 1. The van der Waals surface area contributed by atoms with Crippen molar-refractivity contribution in [1.29, 1.82) is 0 Å². The molecule has 0 radical (unpaired) electrons. The third-order valence-electron chi connectivity index (χ3n) is 2.76. The summed E-state index contributed by atoms with van der Waals surface area (Å²) in [5, 5.41) is 0. The molecule has 0 saturated carbocycles. The van der Waals surface area contributed by atoms with Gasteiger partial charge in [0, 0.05) is 28.1 Å². The van der Waals surface area contributed by atoms with Crippen molar-refractivity contribution in [3.8, 4) is 0 Å². The van der Waals surface area contributed by atoms with Crippen molar-refractivity contribution >= 4 is 44.4 Å². The maximum Gasteiger partial charge on any atom is 0.302 e. The van der Waals surface area contributed by atoms with Crippen LogP contribution in [0.15, 0.2) is 24.3 Å². The molecule has 1 saturated heterocycles. The van der Waals surface area contributed by atoms with Gasteiger partial charge in [-0.2, -0.15) is 8.42 Å². The van der Waals surface area contributed by atoms with E-state index in [4.69, 9.17) is 0 Å². The number of hydrogen-bond acceptors (Lipinski definition) is 3. The Balaban J connectivity index is 2.15. The Bertz CT molecular complexity index is 575. The maximum absolute atomic E-state index is 12.6. The number of carbonyl (C=O) groups excluding carboxylic acids is 1. The van der Waals surface area contributed by atoms with Crippen molar-refractivity contribution in [3.05, 3.63) is 27.8 Å². The normalized spacial score (nSPS) is 20.4. The van der Waals surface area contributed by atoms with Crippen LogP contribution in [0.5, 0.6) is 0 Å². The standard InChI is InChI=1S/C11H11FINO3S/c12-18(16,17)7-8-4-11(15)14(6-8)10-3-1-2-9(13)5-10/h1-3,5,8H,4,6-7H2. The van der Waals surface area contributed by atoms with Gasteiger partial charge < -0.3 is 4.90 Å². The quantitative estimate of drug-likeness (QED) is 0.592. The summed E-state index contributed by atoms with van der Waals surface area (Å²) in [6.45, 7) is 0.252. The van der Waals surface area contributed by atoms with Gasteiger partial charge >= 0.3 is 10.2 Å². The highest BCUT2D eigenvalue weighted by Gasteiger charge is 2.33. The van der Waals surface area contributed by atoms with E-state index in [1.54, 1.807) is 6.07 Å². The zero-order chi connectivity index (χ0) is 13.3. The Morgan fingerprint density at radius 2 is 2.17 bits per heavy atom. The predicted molar refractivity (Wildman–Crippen MR) is 74.5 cm³/mol. The van der Waals surface area contributed by atoms with Crippen molar-refractivity contribution in [2.75, 3.05) is 17.2 Å². The molecule has 0 spiro atoms. The van der Waals surface area contributed by atoms with E-state index in [-0.39, 0.29) is 18.9 Å². The molecule has 1 atom stereocenters. The largest absolute Gasteiger partial charge is 0.312 e. The van der Waals surface area contributed by atoms with Gasteiger partial charge in [-0.25, -0.2) is 0 Å². The average Bonchev–Trinajstić information content (AvgIpc) is 2.56. The second-order valence-electron chi connectivity index (χ2n) is 4.26. The molecule has 7 heteroatoms. The minimum atomic E-state index is -4.53. The first-order chi connectivity index (χ1) is 8.35. The van der Waals surface area contributed by atoms with Crippen molar-refractivity contribution < 1.29 is 17.1 Å². The van der Waals surface area contributed by atoms with Crippen molar-refractivity contribution in [3.63, 3.8) is 0 Å². The molecule has 1 aromatic rings. The highest BCUT2D eigenvalue weighted by Crippen LogP contribution is 2.27. The highest BCUT2D eigenvalue weighted by atomic mass is 127. The second-order valence-corrected chi connectivity index (χ2v) is 6.92. The minimum Gasteiger partial charge on any atom is -0.312 e. The van der Waals surface area contributed by atoms with Crippen LogP contribution >= 0.6 is 22.6 Å². The lowest BCUT2D eigenvalue weighted by Crippen LogP contribution is -2.25. The Labute approximate surface area is 119 Å². The van der Waals surface area contributed by atoms with E-state index in [1.807, 2.05) is 18.2 Å². The zero-order valence-corrected chi connectivity index (χ0v) is 12.3. The molecule has 1 aliphatic rings. The van der Waals surface area contributed by atoms with Gasteiger partial charge in [-0.3, -0.25) is 4.79 Å². The van der Waals surface area contributed by atoms with E-state index in [0.29, 0.717) is 0 Å². The lowest BCUT2D eigenvalue weighted by molar-refractivity contribution is -0.117. The molecule has 4 nitrogen and oxygen atoms in total. The third kappa shape index (κ3) is 3.41. The summed E-state index contributed by atoms with van der Waals surface area (Å²) in [4.78, 5) is 13.3. The van der Waals surface area contributed by atoms with Crippen LogP contribution in [0.4, 0.5) is 9.57 Å². The van der Waals surface area contributed by atoms with E-state index in [1.165, 1.54) is 4.90 Å². The summed E-state index contributed by atoms with van der Waals surface area (Å²) in [5.74, 6) is -1.21. The molecule has 98 valence electrons. The molecule has 0 N–H and O–H groups in total. The summed E-state index contributed by atoms with van der Waals surface area (Å²) < 4.78 is 34.8. The SMILES string of the molecule is O=C1CC(CS(=O)(=O)F)CN1c1cccc(I)c1. The smallest absolute Gasteiger partial charge is 0.302 e. The van der Waals surface area contributed by atoms with E-state index >= 15 is 0 Å². The van der Waals surface area contributed by atoms with Crippen molar-refractivity contribution in [2.45, 2.75) is 6.42 Å². The number of benzene rings is 1. The van der Waals surface area contributed by atoms with Gasteiger partial charge in [0.15, 0.2) is 0 Å². The van der Waals surface area contributed by atoms with Gasteiger partial charge in [-0.1, -0.05) is 6.07 Å². The summed E-state index contributed by atoms with van der Waals surface area (Å²) >= 11 is 2.13. The average molecular weight is 383 g/mol. The Morgan fingerprint density at radius 3 is 2.78 bits per heavy atom. The Kier molecular flexibility index (Phi) is 3.90. The Morgan fingerprint density at radius 1 is 1.44 bits per heavy atom. The van der Waals surface area contributed by atoms with E-state index < -0.39 is 21.9 Å². The molecule has 1 unspecified atom stereocenters. The number of anilines is 1. The summed E-state index contributed by atoms with van der Waals surface area (Å²) in [5.41, 5.74) is 0.727. The molecule has 1 heterocycles. The van der Waals surface area contributed by atoms with E-state index in [2.05, 4.69) is 22.6 Å². The summed E-state index contributed by atoms with van der Waals surface area (Å²) in [6.07, 6.45) is 0.0780. The number of rotatable bonds is 3. The third-order valence-corrected chi connectivity index (χ3v) is 4.30. The number of halogens is 2. The zero-order valence-electron chi connectivity index (χ0n) is 9.34. The molecular weight excluding hydrogens is 372 g/mol. The summed E-state index contributed by atoms with van der Waals surface area (Å²) in [6, 6.07) is 7.34. The molecule has 2 rings (SSSR count). The molecule has 0 aromatic heterocycles. The molecule has 18 heavy (non-hydrogen) atoms. The van der Waals surface area contributed by atoms with Gasteiger partial charge in [-0.05, 0) is 40.8 Å². The van der Waals surface area contributed by atoms with Crippen LogP contribution in [0, 0.1) is 9.49 Å². The van der Waals surface area contributed by atoms with Crippen LogP contribution in [-0.4, -0.2) is 26.6 Å². The fourth-order valence-electron chi connectivity index (χ4n) is 2.07. The van der Waals surface area contributed by atoms with Crippen molar-refractivity contribution in [1.82, 2.24) is 0 Å². The molecule has 0 aliphatic carbocycles. The van der Waals surface area contributed by atoms with Crippen LogP contribution in [0.25, 0.3) is 0 Å². The van der Waals surface area contributed by atoms with Crippen molar-refractivity contribution in [2.24, 2.45) is 5.92 Å². The van der Waals surface area contributed by atoms with Gasteiger partial charge in [0.25, 0.3) is 0 Å². The van der Waals surface area contributed by atoms with E-state index in [0.717, 1.165) is 9.26 Å². The Hall–Kier alpha value is -0.700. The first kappa shape index (κ1) is 13.7. The molecule has 1 aliphatic heterocycles. The maximum atomic E-state index is 12.6. The molecule has 0 bridgehead atoms. The second kappa shape index (κ2) is 5.12. The van der Waals surface area contributed by atoms with E-state index in [9.17, 15) is 17.1 Å². The lowest BCUT2D eigenvalue weighted by Gasteiger charge is -2.16. The number of hydrogen-bond donors (Lipinski definition) is 0.